The minimum Gasteiger partial charge on any atom is -0.480 e. The summed E-state index contributed by atoms with van der Waals surface area (Å²) in [7, 11) is 0. The highest BCUT2D eigenvalue weighted by atomic mass is 16.4. The molecule has 2 N–H and O–H groups in total. The Morgan fingerprint density at radius 1 is 1.45 bits per heavy atom. The number of likely N-dealkylation sites (N-methyl/N-ethyl adjacent to an activating group) is 1. The van der Waals surface area contributed by atoms with E-state index in [9.17, 15) is 9.90 Å². The van der Waals surface area contributed by atoms with Gasteiger partial charge in [-0.05, 0) is 44.2 Å². The molecule has 1 heterocycles. The zero-order valence-corrected chi connectivity index (χ0v) is 12.6. The predicted molar refractivity (Wildman–Crippen MR) is 77.8 cm³/mol. The maximum atomic E-state index is 11.9. The molecule has 1 aliphatic rings. The SMILES string of the molecule is CCNC(Cn1nc(CC)cc1CC)(C(=O)O)C1CC1. The van der Waals surface area contributed by atoms with Crippen LogP contribution in [-0.4, -0.2) is 32.9 Å². The fourth-order valence-corrected chi connectivity index (χ4v) is 2.88. The van der Waals surface area contributed by atoms with Crippen LogP contribution in [0.25, 0.3) is 0 Å². The van der Waals surface area contributed by atoms with E-state index in [1.54, 1.807) is 0 Å². The number of aryl methyl sites for hydroxylation is 2. The van der Waals surface area contributed by atoms with Crippen molar-refractivity contribution in [2.75, 3.05) is 6.54 Å². The fourth-order valence-electron chi connectivity index (χ4n) is 2.88. The van der Waals surface area contributed by atoms with E-state index in [0.717, 1.165) is 37.1 Å². The number of carboxylic acid groups (broad SMARTS) is 1. The van der Waals surface area contributed by atoms with Crippen molar-refractivity contribution in [3.05, 3.63) is 17.5 Å². The summed E-state index contributed by atoms with van der Waals surface area (Å²) in [5, 5.41) is 17.5. The molecule has 20 heavy (non-hydrogen) atoms. The summed E-state index contributed by atoms with van der Waals surface area (Å²) in [5.74, 6) is -0.531. The van der Waals surface area contributed by atoms with Gasteiger partial charge in [0.05, 0.1) is 12.2 Å². The number of carbonyl (C=O) groups is 1. The first-order valence-electron chi connectivity index (χ1n) is 7.61. The van der Waals surface area contributed by atoms with Gasteiger partial charge in [-0.1, -0.05) is 20.8 Å². The average molecular weight is 279 g/mol. The van der Waals surface area contributed by atoms with Crippen LogP contribution in [0.4, 0.5) is 0 Å². The Bertz CT molecular complexity index is 479. The zero-order chi connectivity index (χ0) is 14.8. The molecule has 0 saturated heterocycles. The van der Waals surface area contributed by atoms with Gasteiger partial charge < -0.3 is 10.4 Å². The molecular weight excluding hydrogens is 254 g/mol. The van der Waals surface area contributed by atoms with Crippen LogP contribution in [0, 0.1) is 5.92 Å². The molecule has 0 bridgehead atoms. The third kappa shape index (κ3) is 2.73. The highest BCUT2D eigenvalue weighted by Crippen LogP contribution is 2.41. The van der Waals surface area contributed by atoms with Crippen molar-refractivity contribution in [3.63, 3.8) is 0 Å². The van der Waals surface area contributed by atoms with Crippen LogP contribution in [0.1, 0.15) is 45.0 Å². The molecule has 112 valence electrons. The molecule has 0 radical (unpaired) electrons. The molecule has 1 aliphatic carbocycles. The molecule has 2 rings (SSSR count). The van der Waals surface area contributed by atoms with E-state index < -0.39 is 11.5 Å². The number of aromatic nitrogens is 2. The smallest absolute Gasteiger partial charge is 0.326 e. The number of aliphatic carboxylic acids is 1. The number of hydrogen-bond donors (Lipinski definition) is 2. The second kappa shape index (κ2) is 5.95. The highest BCUT2D eigenvalue weighted by molar-refractivity contribution is 5.79. The van der Waals surface area contributed by atoms with Crippen molar-refractivity contribution in [1.82, 2.24) is 15.1 Å². The van der Waals surface area contributed by atoms with Gasteiger partial charge in [0.1, 0.15) is 5.54 Å². The Balaban J connectivity index is 2.31. The number of hydrogen-bond acceptors (Lipinski definition) is 3. The van der Waals surface area contributed by atoms with Gasteiger partial charge in [-0.2, -0.15) is 5.10 Å². The van der Waals surface area contributed by atoms with Crippen LogP contribution in [0.2, 0.25) is 0 Å². The van der Waals surface area contributed by atoms with Crippen LogP contribution in [0.15, 0.2) is 6.07 Å². The number of rotatable bonds is 8. The summed E-state index contributed by atoms with van der Waals surface area (Å²) in [6.45, 7) is 7.19. The number of nitrogens with zero attached hydrogens (tertiary/aromatic N) is 2. The average Bonchev–Trinajstić information content (AvgIpc) is 3.20. The van der Waals surface area contributed by atoms with Crippen molar-refractivity contribution < 1.29 is 9.90 Å². The van der Waals surface area contributed by atoms with Crippen LogP contribution >= 0.6 is 0 Å². The lowest BCUT2D eigenvalue weighted by atomic mass is 9.93. The Labute approximate surface area is 120 Å². The van der Waals surface area contributed by atoms with E-state index in [1.807, 2.05) is 11.6 Å². The summed E-state index contributed by atoms with van der Waals surface area (Å²) in [6, 6.07) is 2.09. The third-order valence-electron chi connectivity index (χ3n) is 4.19. The van der Waals surface area contributed by atoms with E-state index in [2.05, 4.69) is 30.3 Å². The van der Waals surface area contributed by atoms with Gasteiger partial charge in [0.25, 0.3) is 0 Å². The Kier molecular flexibility index (Phi) is 4.48. The second-order valence-corrected chi connectivity index (χ2v) is 5.57. The zero-order valence-electron chi connectivity index (χ0n) is 12.6. The molecule has 0 spiro atoms. The van der Waals surface area contributed by atoms with Crippen molar-refractivity contribution in [2.24, 2.45) is 5.92 Å². The standard InChI is InChI=1S/C15H25N3O2/c1-4-12-9-13(5-2)18(17-12)10-15(14(19)20,16-6-3)11-7-8-11/h9,11,16H,4-8,10H2,1-3H3,(H,19,20). The predicted octanol–water partition coefficient (Wildman–Crippen LogP) is 1.85. The van der Waals surface area contributed by atoms with Gasteiger partial charge in [0, 0.05) is 5.69 Å². The first-order chi connectivity index (χ1) is 9.57. The van der Waals surface area contributed by atoms with E-state index in [1.165, 1.54) is 0 Å². The minimum absolute atomic E-state index is 0.221. The molecular formula is C15H25N3O2. The van der Waals surface area contributed by atoms with Gasteiger partial charge in [-0.25, -0.2) is 0 Å². The lowest BCUT2D eigenvalue weighted by molar-refractivity contribution is -0.146. The van der Waals surface area contributed by atoms with Gasteiger partial charge in [0.2, 0.25) is 0 Å². The van der Waals surface area contributed by atoms with Crippen LogP contribution in [0.5, 0.6) is 0 Å². The Morgan fingerprint density at radius 2 is 2.15 bits per heavy atom. The van der Waals surface area contributed by atoms with Gasteiger partial charge >= 0.3 is 5.97 Å². The summed E-state index contributed by atoms with van der Waals surface area (Å²) >= 11 is 0. The van der Waals surface area contributed by atoms with E-state index >= 15 is 0 Å². The lowest BCUT2D eigenvalue weighted by Gasteiger charge is -2.31. The molecule has 5 nitrogen and oxygen atoms in total. The van der Waals surface area contributed by atoms with Crippen molar-refractivity contribution in [3.8, 4) is 0 Å². The number of carboxylic acids is 1. The molecule has 0 amide bonds. The molecule has 5 heteroatoms. The topological polar surface area (TPSA) is 67.2 Å². The molecule has 1 saturated carbocycles. The molecule has 1 unspecified atom stereocenters. The maximum Gasteiger partial charge on any atom is 0.326 e. The second-order valence-electron chi connectivity index (χ2n) is 5.57. The van der Waals surface area contributed by atoms with E-state index in [-0.39, 0.29) is 5.92 Å². The van der Waals surface area contributed by atoms with Crippen molar-refractivity contribution >= 4 is 5.97 Å². The number of nitrogens with one attached hydrogen (secondary N) is 1. The largest absolute Gasteiger partial charge is 0.480 e. The summed E-state index contributed by atoms with van der Waals surface area (Å²) < 4.78 is 1.90. The van der Waals surface area contributed by atoms with Crippen LogP contribution in [0.3, 0.4) is 0 Å². The summed E-state index contributed by atoms with van der Waals surface area (Å²) in [4.78, 5) is 11.9. The van der Waals surface area contributed by atoms with Gasteiger partial charge in [-0.15, -0.1) is 0 Å². The first-order valence-corrected chi connectivity index (χ1v) is 7.61. The van der Waals surface area contributed by atoms with Crippen molar-refractivity contribution in [2.45, 2.75) is 58.5 Å². The highest BCUT2D eigenvalue weighted by Gasteiger charge is 2.51. The van der Waals surface area contributed by atoms with Gasteiger partial charge in [0.15, 0.2) is 0 Å². The maximum absolute atomic E-state index is 11.9. The quantitative estimate of drug-likeness (QED) is 0.762. The molecule has 1 fully saturated rings. The fraction of sp³-hybridized carbons (Fsp3) is 0.733. The minimum atomic E-state index is -0.865. The van der Waals surface area contributed by atoms with E-state index in [4.69, 9.17) is 0 Å². The monoisotopic (exact) mass is 279 g/mol. The molecule has 0 aliphatic heterocycles. The summed E-state index contributed by atoms with van der Waals surface area (Å²) in [5.41, 5.74) is 1.29. The van der Waals surface area contributed by atoms with E-state index in [0.29, 0.717) is 13.1 Å². The molecule has 1 aromatic rings. The third-order valence-corrected chi connectivity index (χ3v) is 4.19. The lowest BCUT2D eigenvalue weighted by Crippen LogP contribution is -2.57. The van der Waals surface area contributed by atoms with Gasteiger partial charge in [-0.3, -0.25) is 9.48 Å². The Morgan fingerprint density at radius 3 is 2.60 bits per heavy atom. The van der Waals surface area contributed by atoms with Crippen LogP contribution in [-0.2, 0) is 24.2 Å². The summed E-state index contributed by atoms with van der Waals surface area (Å²) in [6.07, 6.45) is 3.73. The van der Waals surface area contributed by atoms with Crippen molar-refractivity contribution in [1.29, 1.82) is 0 Å². The molecule has 1 aromatic heterocycles. The molecule has 1 atom stereocenters. The normalized spacial score (nSPS) is 17.9. The first kappa shape index (κ1) is 15.0. The van der Waals surface area contributed by atoms with Crippen LogP contribution < -0.4 is 5.32 Å². The molecule has 0 aromatic carbocycles. The Hall–Kier alpha value is -1.36.